The van der Waals surface area contributed by atoms with Gasteiger partial charge in [0, 0.05) is 18.0 Å². The fourth-order valence-electron chi connectivity index (χ4n) is 1.83. The summed E-state index contributed by atoms with van der Waals surface area (Å²) >= 11 is 1.69. The molecule has 1 aromatic heterocycles. The molecule has 0 saturated carbocycles. The largest absolute Gasteiger partial charge is 0.372 e. The van der Waals surface area contributed by atoms with Gasteiger partial charge in [0.2, 0.25) is 0 Å². The maximum atomic E-state index is 4.59. The monoisotopic (exact) mass is 260 g/mol. The molecule has 96 valence electrons. The van der Waals surface area contributed by atoms with Gasteiger partial charge in [-0.15, -0.1) is 11.3 Å². The minimum absolute atomic E-state index is 0.172. The Morgan fingerprint density at radius 2 is 1.94 bits per heavy atom. The average Bonchev–Trinajstić information content (AvgIpc) is 2.76. The zero-order valence-electron chi connectivity index (χ0n) is 11.7. The van der Waals surface area contributed by atoms with E-state index in [0.717, 1.165) is 10.8 Å². The highest BCUT2D eigenvalue weighted by molar-refractivity contribution is 7.13. The van der Waals surface area contributed by atoms with E-state index in [2.05, 4.69) is 61.6 Å². The zero-order valence-corrected chi connectivity index (χ0v) is 12.5. The van der Waals surface area contributed by atoms with Gasteiger partial charge in [-0.05, 0) is 29.5 Å². The molecule has 0 aliphatic heterocycles. The molecule has 0 spiro atoms. The van der Waals surface area contributed by atoms with E-state index in [0.29, 0.717) is 0 Å². The second-order valence-electron chi connectivity index (χ2n) is 5.57. The summed E-state index contributed by atoms with van der Waals surface area (Å²) in [6.07, 6.45) is 0. The van der Waals surface area contributed by atoms with E-state index in [-0.39, 0.29) is 5.41 Å². The minimum Gasteiger partial charge on any atom is -0.372 e. The van der Waals surface area contributed by atoms with Gasteiger partial charge in [-0.2, -0.15) is 0 Å². The summed E-state index contributed by atoms with van der Waals surface area (Å²) in [4.78, 5) is 4.59. The lowest BCUT2D eigenvalue weighted by molar-refractivity contribution is 0.590. The van der Waals surface area contributed by atoms with Gasteiger partial charge in [-0.25, -0.2) is 4.98 Å². The highest BCUT2D eigenvalue weighted by atomic mass is 32.1. The molecule has 0 amide bonds. The summed E-state index contributed by atoms with van der Waals surface area (Å²) in [6.45, 7) is 8.86. The molecule has 0 bridgehead atoms. The van der Waals surface area contributed by atoms with E-state index in [9.17, 15) is 0 Å². The number of aromatic nitrogens is 1. The molecule has 2 rings (SSSR count). The minimum atomic E-state index is 0.172. The lowest BCUT2D eigenvalue weighted by Crippen LogP contribution is -2.11. The molecular weight excluding hydrogens is 240 g/mol. The molecular formula is C15H20N2S. The van der Waals surface area contributed by atoms with Crippen LogP contribution in [0.5, 0.6) is 0 Å². The zero-order chi connectivity index (χ0) is 13.3. The SMILES string of the molecule is CNc1csc(-c2cc(C(C)(C)C)ccc2C)n1. The summed E-state index contributed by atoms with van der Waals surface area (Å²) in [6, 6.07) is 6.68. The van der Waals surface area contributed by atoms with Gasteiger partial charge >= 0.3 is 0 Å². The Bertz CT molecular complexity index is 550. The number of hydrogen-bond donors (Lipinski definition) is 1. The van der Waals surface area contributed by atoms with Crippen LogP contribution in [-0.2, 0) is 5.41 Å². The van der Waals surface area contributed by atoms with Crippen LogP contribution in [0.3, 0.4) is 0 Å². The summed E-state index contributed by atoms with van der Waals surface area (Å²) in [5.74, 6) is 0.940. The van der Waals surface area contributed by atoms with Gasteiger partial charge < -0.3 is 5.32 Å². The normalized spacial score (nSPS) is 11.6. The lowest BCUT2D eigenvalue weighted by atomic mass is 9.85. The molecule has 0 atom stereocenters. The van der Waals surface area contributed by atoms with Crippen molar-refractivity contribution in [2.24, 2.45) is 0 Å². The topological polar surface area (TPSA) is 24.9 Å². The van der Waals surface area contributed by atoms with Crippen molar-refractivity contribution in [1.82, 2.24) is 4.98 Å². The van der Waals surface area contributed by atoms with Crippen LogP contribution in [0.2, 0.25) is 0 Å². The summed E-state index contributed by atoms with van der Waals surface area (Å²) in [5, 5.41) is 6.22. The molecule has 0 unspecified atom stereocenters. The fourth-order valence-corrected chi connectivity index (χ4v) is 2.72. The first-order chi connectivity index (χ1) is 8.41. The van der Waals surface area contributed by atoms with Gasteiger partial charge in [0.1, 0.15) is 10.8 Å². The first-order valence-corrected chi connectivity index (χ1v) is 7.04. The van der Waals surface area contributed by atoms with E-state index < -0.39 is 0 Å². The molecule has 1 N–H and O–H groups in total. The van der Waals surface area contributed by atoms with E-state index in [1.54, 1.807) is 11.3 Å². The second kappa shape index (κ2) is 4.73. The van der Waals surface area contributed by atoms with Gasteiger partial charge in [0.25, 0.3) is 0 Å². The van der Waals surface area contributed by atoms with Crippen LogP contribution in [0.25, 0.3) is 10.6 Å². The molecule has 0 aliphatic carbocycles. The first kappa shape index (κ1) is 13.1. The quantitative estimate of drug-likeness (QED) is 0.862. The second-order valence-corrected chi connectivity index (χ2v) is 6.43. The average molecular weight is 260 g/mol. The number of nitrogens with one attached hydrogen (secondary N) is 1. The third kappa shape index (κ3) is 2.56. The molecule has 0 radical (unpaired) electrons. The third-order valence-electron chi connectivity index (χ3n) is 3.09. The number of thiazole rings is 1. The number of rotatable bonds is 2. The third-order valence-corrected chi connectivity index (χ3v) is 3.97. The number of anilines is 1. The maximum Gasteiger partial charge on any atom is 0.137 e. The Kier molecular flexibility index (Phi) is 3.44. The molecule has 2 nitrogen and oxygen atoms in total. The first-order valence-electron chi connectivity index (χ1n) is 6.16. The highest BCUT2D eigenvalue weighted by Crippen LogP contribution is 2.32. The molecule has 1 heterocycles. The van der Waals surface area contributed by atoms with Crippen molar-refractivity contribution in [2.75, 3.05) is 12.4 Å². The molecule has 1 aromatic carbocycles. The molecule has 2 aromatic rings. The molecule has 0 aliphatic rings. The van der Waals surface area contributed by atoms with Gasteiger partial charge in [0.05, 0.1) is 0 Å². The molecule has 0 fully saturated rings. The van der Waals surface area contributed by atoms with Crippen molar-refractivity contribution < 1.29 is 0 Å². The van der Waals surface area contributed by atoms with Crippen molar-refractivity contribution >= 4 is 17.2 Å². The van der Waals surface area contributed by atoms with E-state index in [1.807, 2.05) is 7.05 Å². The van der Waals surface area contributed by atoms with Crippen LogP contribution in [0.15, 0.2) is 23.6 Å². The number of aryl methyl sites for hydroxylation is 1. The highest BCUT2D eigenvalue weighted by Gasteiger charge is 2.16. The standard InChI is InChI=1S/C15H20N2S/c1-10-6-7-11(15(2,3)4)8-12(10)14-17-13(16-5)9-18-14/h6-9,16H,1-5H3. The molecule has 18 heavy (non-hydrogen) atoms. The van der Waals surface area contributed by atoms with Crippen molar-refractivity contribution in [3.05, 3.63) is 34.7 Å². The number of nitrogens with zero attached hydrogens (tertiary/aromatic N) is 1. The Morgan fingerprint density at radius 1 is 1.22 bits per heavy atom. The smallest absolute Gasteiger partial charge is 0.137 e. The Labute approximate surface area is 113 Å². The van der Waals surface area contributed by atoms with Crippen molar-refractivity contribution in [3.8, 4) is 10.6 Å². The summed E-state index contributed by atoms with van der Waals surface area (Å²) in [5.41, 5.74) is 4.05. The summed E-state index contributed by atoms with van der Waals surface area (Å²) < 4.78 is 0. The van der Waals surface area contributed by atoms with Crippen LogP contribution >= 0.6 is 11.3 Å². The van der Waals surface area contributed by atoms with E-state index >= 15 is 0 Å². The predicted octanol–water partition coefficient (Wildman–Crippen LogP) is 4.46. The maximum absolute atomic E-state index is 4.59. The van der Waals surface area contributed by atoms with Crippen molar-refractivity contribution in [3.63, 3.8) is 0 Å². The van der Waals surface area contributed by atoms with Crippen molar-refractivity contribution in [2.45, 2.75) is 33.1 Å². The Hall–Kier alpha value is -1.35. The van der Waals surface area contributed by atoms with Crippen LogP contribution in [-0.4, -0.2) is 12.0 Å². The summed E-state index contributed by atoms with van der Waals surface area (Å²) in [7, 11) is 1.90. The lowest BCUT2D eigenvalue weighted by Gasteiger charge is -2.20. The molecule has 3 heteroatoms. The van der Waals surface area contributed by atoms with Crippen LogP contribution in [0, 0.1) is 6.92 Å². The van der Waals surface area contributed by atoms with Crippen LogP contribution in [0.1, 0.15) is 31.9 Å². The van der Waals surface area contributed by atoms with E-state index in [4.69, 9.17) is 0 Å². The van der Waals surface area contributed by atoms with Crippen LogP contribution in [0.4, 0.5) is 5.82 Å². The van der Waals surface area contributed by atoms with E-state index in [1.165, 1.54) is 16.7 Å². The Balaban J connectivity index is 2.49. The number of hydrogen-bond acceptors (Lipinski definition) is 3. The van der Waals surface area contributed by atoms with Crippen molar-refractivity contribution in [1.29, 1.82) is 0 Å². The Morgan fingerprint density at radius 3 is 2.50 bits per heavy atom. The fraction of sp³-hybridized carbons (Fsp3) is 0.400. The van der Waals surface area contributed by atoms with Gasteiger partial charge in [-0.3, -0.25) is 0 Å². The number of benzene rings is 1. The van der Waals surface area contributed by atoms with Crippen LogP contribution < -0.4 is 5.32 Å². The molecule has 0 saturated heterocycles. The predicted molar refractivity (Wildman–Crippen MR) is 80.5 cm³/mol. The van der Waals surface area contributed by atoms with Gasteiger partial charge in [0.15, 0.2) is 0 Å². The van der Waals surface area contributed by atoms with Gasteiger partial charge in [-0.1, -0.05) is 32.9 Å².